The van der Waals surface area contributed by atoms with Crippen LogP contribution >= 0.6 is 0 Å². The zero-order valence-corrected chi connectivity index (χ0v) is 21.6. The van der Waals surface area contributed by atoms with Crippen molar-refractivity contribution in [2.24, 2.45) is 52.3 Å². The van der Waals surface area contributed by atoms with E-state index >= 15 is 0 Å². The van der Waals surface area contributed by atoms with E-state index in [9.17, 15) is 0 Å². The summed E-state index contributed by atoms with van der Waals surface area (Å²) in [5, 5.41) is 0. The summed E-state index contributed by atoms with van der Waals surface area (Å²) in [6.45, 7) is 14.9. The van der Waals surface area contributed by atoms with E-state index in [1.54, 1.807) is 5.57 Å². The van der Waals surface area contributed by atoms with Crippen LogP contribution < -0.4 is 0 Å². The summed E-state index contributed by atoms with van der Waals surface area (Å²) >= 11 is 0. The van der Waals surface area contributed by atoms with E-state index in [-0.39, 0.29) is 0 Å². The Bertz CT molecular complexity index is 689. The van der Waals surface area contributed by atoms with Crippen LogP contribution in [0.1, 0.15) is 99.3 Å². The lowest BCUT2D eigenvalue weighted by Gasteiger charge is -2.58. The van der Waals surface area contributed by atoms with E-state index in [1.807, 2.05) is 7.11 Å². The van der Waals surface area contributed by atoms with Crippen molar-refractivity contribution in [3.63, 3.8) is 0 Å². The summed E-state index contributed by atoms with van der Waals surface area (Å²) in [5.41, 5.74) is 2.75. The SMILES string of the molecule is CC[C@H](/C=C/[C@@H](C)[C@H]1CC[C@H]2[C@@H]3CC=C4C[C@@H](OC)CC[C@]4(C)[C@@H]3CC[C@]12C)C(C)C. The van der Waals surface area contributed by atoms with E-state index in [4.69, 9.17) is 4.74 Å². The summed E-state index contributed by atoms with van der Waals surface area (Å²) in [5.74, 6) is 5.88. The lowest BCUT2D eigenvalue weighted by Crippen LogP contribution is -2.50. The molecule has 0 spiro atoms. The number of fused-ring (bicyclic) bond motifs is 5. The first-order chi connectivity index (χ1) is 14.7. The van der Waals surface area contributed by atoms with Crippen molar-refractivity contribution in [1.82, 2.24) is 0 Å². The van der Waals surface area contributed by atoms with Crippen LogP contribution in [-0.4, -0.2) is 13.2 Å². The fraction of sp³-hybridized carbons (Fsp3) is 0.867. The van der Waals surface area contributed by atoms with Gasteiger partial charge >= 0.3 is 0 Å². The van der Waals surface area contributed by atoms with Gasteiger partial charge in [-0.3, -0.25) is 0 Å². The summed E-state index contributed by atoms with van der Waals surface area (Å²) in [7, 11) is 1.91. The van der Waals surface area contributed by atoms with Crippen LogP contribution in [0.3, 0.4) is 0 Å². The predicted molar refractivity (Wildman–Crippen MR) is 133 cm³/mol. The topological polar surface area (TPSA) is 9.23 Å². The molecule has 31 heavy (non-hydrogen) atoms. The molecule has 0 amide bonds. The van der Waals surface area contributed by atoms with Gasteiger partial charge in [0.05, 0.1) is 6.10 Å². The van der Waals surface area contributed by atoms with Crippen molar-refractivity contribution < 1.29 is 4.74 Å². The van der Waals surface area contributed by atoms with Gasteiger partial charge in [0.25, 0.3) is 0 Å². The van der Waals surface area contributed by atoms with Gasteiger partial charge in [-0.2, -0.15) is 0 Å². The third-order valence-electron chi connectivity index (χ3n) is 11.1. The molecule has 0 aromatic rings. The highest BCUT2D eigenvalue weighted by molar-refractivity contribution is 5.25. The van der Waals surface area contributed by atoms with Crippen molar-refractivity contribution in [3.05, 3.63) is 23.8 Å². The Balaban J connectivity index is 1.51. The highest BCUT2D eigenvalue weighted by Crippen LogP contribution is 2.67. The number of allylic oxidation sites excluding steroid dienone is 3. The van der Waals surface area contributed by atoms with Crippen molar-refractivity contribution in [2.45, 2.75) is 105 Å². The number of rotatable bonds is 6. The molecule has 4 aliphatic carbocycles. The van der Waals surface area contributed by atoms with E-state index in [0.29, 0.717) is 16.9 Å². The molecule has 0 radical (unpaired) electrons. The minimum Gasteiger partial charge on any atom is -0.381 e. The fourth-order valence-corrected chi connectivity index (χ4v) is 9.01. The monoisotopic (exact) mass is 426 g/mol. The number of hydrogen-bond acceptors (Lipinski definition) is 1. The van der Waals surface area contributed by atoms with Crippen LogP contribution in [0.5, 0.6) is 0 Å². The van der Waals surface area contributed by atoms with Crippen LogP contribution in [0.4, 0.5) is 0 Å². The second kappa shape index (κ2) is 9.00. The highest BCUT2D eigenvalue weighted by atomic mass is 16.5. The molecule has 0 aromatic carbocycles. The predicted octanol–water partition coefficient (Wildman–Crippen LogP) is 8.45. The van der Waals surface area contributed by atoms with Gasteiger partial charge in [-0.1, -0.05) is 65.3 Å². The van der Waals surface area contributed by atoms with Gasteiger partial charge in [-0.25, -0.2) is 0 Å². The van der Waals surface area contributed by atoms with Crippen molar-refractivity contribution >= 4 is 0 Å². The first-order valence-electron chi connectivity index (χ1n) is 13.6. The molecule has 176 valence electrons. The maximum atomic E-state index is 5.76. The second-order valence-corrected chi connectivity index (χ2v) is 12.6. The minimum atomic E-state index is 0.453. The first kappa shape index (κ1) is 23.6. The van der Waals surface area contributed by atoms with Crippen LogP contribution in [0.2, 0.25) is 0 Å². The van der Waals surface area contributed by atoms with Gasteiger partial charge in [0, 0.05) is 7.11 Å². The molecule has 0 N–H and O–H groups in total. The van der Waals surface area contributed by atoms with Gasteiger partial charge in [0.15, 0.2) is 0 Å². The van der Waals surface area contributed by atoms with Crippen molar-refractivity contribution in [3.8, 4) is 0 Å². The van der Waals surface area contributed by atoms with Gasteiger partial charge in [0.1, 0.15) is 0 Å². The maximum absolute atomic E-state index is 5.76. The molecule has 0 saturated heterocycles. The number of methoxy groups -OCH3 is 1. The Hall–Kier alpha value is -0.560. The molecule has 0 bridgehead atoms. The average Bonchev–Trinajstić information content (AvgIpc) is 3.10. The Morgan fingerprint density at radius 2 is 1.81 bits per heavy atom. The van der Waals surface area contributed by atoms with Crippen molar-refractivity contribution in [1.29, 1.82) is 0 Å². The summed E-state index contributed by atoms with van der Waals surface area (Å²) < 4.78 is 5.76. The Labute approximate surface area is 193 Å². The molecule has 9 atom stereocenters. The zero-order valence-electron chi connectivity index (χ0n) is 21.6. The molecule has 1 nitrogen and oxygen atoms in total. The minimum absolute atomic E-state index is 0.453. The summed E-state index contributed by atoms with van der Waals surface area (Å²) in [6, 6.07) is 0. The quantitative estimate of drug-likeness (QED) is 0.387. The largest absolute Gasteiger partial charge is 0.381 e. The molecule has 0 aromatic heterocycles. The van der Waals surface area contributed by atoms with Crippen LogP contribution in [-0.2, 0) is 4.74 Å². The highest BCUT2D eigenvalue weighted by Gasteiger charge is 2.59. The van der Waals surface area contributed by atoms with E-state index in [2.05, 4.69) is 59.8 Å². The number of ether oxygens (including phenoxy) is 1. The normalized spacial score (nSPS) is 44.5. The Kier molecular flexibility index (Phi) is 6.85. The second-order valence-electron chi connectivity index (χ2n) is 12.6. The Morgan fingerprint density at radius 1 is 1.03 bits per heavy atom. The maximum Gasteiger partial charge on any atom is 0.0608 e. The molecular weight excluding hydrogens is 376 g/mol. The molecule has 1 heteroatoms. The van der Waals surface area contributed by atoms with E-state index in [0.717, 1.165) is 41.4 Å². The molecule has 0 heterocycles. The van der Waals surface area contributed by atoms with Gasteiger partial charge in [-0.15, -0.1) is 0 Å². The Morgan fingerprint density at radius 3 is 2.48 bits per heavy atom. The van der Waals surface area contributed by atoms with Crippen LogP contribution in [0, 0.1) is 52.3 Å². The molecule has 0 unspecified atom stereocenters. The molecule has 4 rings (SSSR count). The molecule has 3 fully saturated rings. The lowest BCUT2D eigenvalue weighted by atomic mass is 9.47. The molecule has 0 aliphatic heterocycles. The van der Waals surface area contributed by atoms with E-state index in [1.165, 1.54) is 57.8 Å². The van der Waals surface area contributed by atoms with Crippen LogP contribution in [0.25, 0.3) is 0 Å². The lowest BCUT2D eigenvalue weighted by molar-refractivity contribution is -0.0572. The van der Waals surface area contributed by atoms with Gasteiger partial charge in [-0.05, 0) is 110 Å². The third-order valence-corrected chi connectivity index (χ3v) is 11.1. The van der Waals surface area contributed by atoms with Crippen molar-refractivity contribution in [2.75, 3.05) is 7.11 Å². The molecule has 3 saturated carbocycles. The van der Waals surface area contributed by atoms with Gasteiger partial charge in [0.2, 0.25) is 0 Å². The first-order valence-corrected chi connectivity index (χ1v) is 13.6. The fourth-order valence-electron chi connectivity index (χ4n) is 9.01. The smallest absolute Gasteiger partial charge is 0.0608 e. The summed E-state index contributed by atoms with van der Waals surface area (Å²) in [6.07, 6.45) is 20.6. The average molecular weight is 427 g/mol. The third kappa shape index (κ3) is 4.00. The number of hydrogen-bond donors (Lipinski definition) is 0. The standard InChI is InChI=1S/C30H50O/c1-8-22(20(2)3)10-9-21(4)26-13-14-27-25-12-11-23-19-24(31-7)15-17-29(23,5)28(25)16-18-30(26,27)6/h9-11,20-22,24-28H,8,12-19H2,1-7H3/b10-9+/t21-,22-,24+,25+,26-,27+,28-,29+,30-/m1/s1. The summed E-state index contributed by atoms with van der Waals surface area (Å²) in [4.78, 5) is 0. The molecule has 4 aliphatic rings. The zero-order chi connectivity index (χ0) is 22.4. The van der Waals surface area contributed by atoms with E-state index < -0.39 is 0 Å². The van der Waals surface area contributed by atoms with Crippen LogP contribution in [0.15, 0.2) is 23.8 Å². The van der Waals surface area contributed by atoms with Gasteiger partial charge < -0.3 is 4.74 Å². The molecular formula is C30H50O.